The molecule has 16 heavy (non-hydrogen) atoms. The number of hydrogen-bond acceptors (Lipinski definition) is 3. The van der Waals surface area contributed by atoms with Crippen LogP contribution in [0, 0.1) is 11.3 Å². The van der Waals surface area contributed by atoms with Crippen molar-refractivity contribution >= 4 is 0 Å². The molecule has 2 unspecified atom stereocenters. The second-order valence-corrected chi connectivity index (χ2v) is 3.35. The average Bonchev–Trinajstić information content (AvgIpc) is 2.28. The van der Waals surface area contributed by atoms with Crippen molar-refractivity contribution in [3.8, 4) is 6.07 Å². The van der Waals surface area contributed by atoms with Gasteiger partial charge in [0, 0.05) is 5.56 Å². The maximum atomic E-state index is 12.4. The van der Waals surface area contributed by atoms with E-state index in [9.17, 15) is 19.0 Å². The number of nitriles is 1. The van der Waals surface area contributed by atoms with Crippen LogP contribution in [0.1, 0.15) is 30.1 Å². The first-order valence-electron chi connectivity index (χ1n) is 4.67. The summed E-state index contributed by atoms with van der Waals surface area (Å²) in [6, 6.07) is 6.85. The van der Waals surface area contributed by atoms with E-state index in [1.807, 2.05) is 0 Å². The first kappa shape index (κ1) is 12.6. The second kappa shape index (κ2) is 5.54. The Kier molecular flexibility index (Phi) is 4.35. The lowest BCUT2D eigenvalue weighted by atomic mass is 10.0. The number of halogens is 2. The quantitative estimate of drug-likeness (QED) is 0.826. The molecule has 0 aliphatic carbocycles. The summed E-state index contributed by atoms with van der Waals surface area (Å²) in [6.07, 6.45) is -5.46. The lowest BCUT2D eigenvalue weighted by Crippen LogP contribution is -2.17. The lowest BCUT2D eigenvalue weighted by Gasteiger charge is -2.16. The third-order valence-corrected chi connectivity index (χ3v) is 2.17. The zero-order valence-corrected chi connectivity index (χ0v) is 8.35. The number of aliphatic hydroxyl groups is 2. The normalized spacial score (nSPS) is 14.5. The Morgan fingerprint density at radius 1 is 1.25 bits per heavy atom. The highest BCUT2D eigenvalue weighted by Gasteiger charge is 2.19. The SMILES string of the molecule is N#CCC(O)C(O)c1cccc(C(F)F)c1. The minimum atomic E-state index is -2.62. The maximum absolute atomic E-state index is 12.4. The van der Waals surface area contributed by atoms with Crippen LogP contribution in [0.4, 0.5) is 8.78 Å². The van der Waals surface area contributed by atoms with Gasteiger partial charge in [0.2, 0.25) is 0 Å². The van der Waals surface area contributed by atoms with E-state index in [2.05, 4.69) is 0 Å². The molecule has 1 aromatic rings. The highest BCUT2D eigenvalue weighted by molar-refractivity contribution is 5.26. The van der Waals surface area contributed by atoms with Crippen LogP contribution in [0.5, 0.6) is 0 Å². The van der Waals surface area contributed by atoms with Crippen LogP contribution in [-0.2, 0) is 0 Å². The van der Waals surface area contributed by atoms with Crippen LogP contribution in [0.25, 0.3) is 0 Å². The van der Waals surface area contributed by atoms with Gasteiger partial charge in [0.25, 0.3) is 6.43 Å². The van der Waals surface area contributed by atoms with Crippen molar-refractivity contribution in [2.75, 3.05) is 0 Å². The van der Waals surface area contributed by atoms with Crippen molar-refractivity contribution in [3.63, 3.8) is 0 Å². The van der Waals surface area contributed by atoms with Gasteiger partial charge in [-0.2, -0.15) is 5.26 Å². The molecule has 3 nitrogen and oxygen atoms in total. The van der Waals surface area contributed by atoms with Crippen LogP contribution in [0.3, 0.4) is 0 Å². The van der Waals surface area contributed by atoms with Gasteiger partial charge in [-0.15, -0.1) is 0 Å². The predicted molar refractivity (Wildman–Crippen MR) is 52.6 cm³/mol. The fraction of sp³-hybridized carbons (Fsp3) is 0.364. The second-order valence-electron chi connectivity index (χ2n) is 3.35. The number of benzene rings is 1. The summed E-state index contributed by atoms with van der Waals surface area (Å²) in [5.41, 5.74) is -0.0405. The summed E-state index contributed by atoms with van der Waals surface area (Å²) in [7, 11) is 0. The first-order chi connectivity index (χ1) is 7.56. The molecule has 0 bridgehead atoms. The Labute approximate surface area is 91.6 Å². The average molecular weight is 227 g/mol. The number of aliphatic hydroxyl groups excluding tert-OH is 2. The van der Waals surface area contributed by atoms with Gasteiger partial charge in [0.1, 0.15) is 6.10 Å². The Morgan fingerprint density at radius 2 is 1.88 bits per heavy atom. The van der Waals surface area contributed by atoms with E-state index in [0.29, 0.717) is 0 Å². The molecule has 0 aliphatic rings. The molecule has 0 saturated heterocycles. The monoisotopic (exact) mass is 227 g/mol. The molecule has 5 heteroatoms. The van der Waals surface area contributed by atoms with Crippen LogP contribution in [-0.4, -0.2) is 16.3 Å². The third kappa shape index (κ3) is 2.99. The molecule has 0 aromatic heterocycles. The zero-order valence-electron chi connectivity index (χ0n) is 8.35. The summed E-state index contributed by atoms with van der Waals surface area (Å²) in [6.45, 7) is 0. The van der Waals surface area contributed by atoms with Crippen molar-refractivity contribution in [2.24, 2.45) is 0 Å². The number of rotatable bonds is 4. The first-order valence-corrected chi connectivity index (χ1v) is 4.67. The number of nitrogens with zero attached hydrogens (tertiary/aromatic N) is 1. The van der Waals surface area contributed by atoms with Crippen molar-refractivity contribution in [1.29, 1.82) is 5.26 Å². The van der Waals surface area contributed by atoms with Gasteiger partial charge in [-0.1, -0.05) is 18.2 Å². The van der Waals surface area contributed by atoms with E-state index in [0.717, 1.165) is 6.07 Å². The molecule has 0 spiro atoms. The molecule has 0 aliphatic heterocycles. The van der Waals surface area contributed by atoms with Crippen LogP contribution >= 0.6 is 0 Å². The van der Waals surface area contributed by atoms with Gasteiger partial charge in [-0.3, -0.25) is 0 Å². The van der Waals surface area contributed by atoms with Crippen LogP contribution < -0.4 is 0 Å². The minimum Gasteiger partial charge on any atom is -0.389 e. The lowest BCUT2D eigenvalue weighted by molar-refractivity contribution is 0.0214. The van der Waals surface area contributed by atoms with Gasteiger partial charge in [-0.25, -0.2) is 8.78 Å². The smallest absolute Gasteiger partial charge is 0.263 e. The fourth-order valence-electron chi connectivity index (χ4n) is 1.31. The van der Waals surface area contributed by atoms with E-state index >= 15 is 0 Å². The maximum Gasteiger partial charge on any atom is 0.263 e. The molecule has 86 valence electrons. The van der Waals surface area contributed by atoms with E-state index in [4.69, 9.17) is 5.26 Å². The molecule has 1 aromatic carbocycles. The molecular formula is C11H11F2NO2. The Morgan fingerprint density at radius 3 is 2.44 bits per heavy atom. The molecule has 0 saturated carbocycles. The minimum absolute atomic E-state index is 0.181. The van der Waals surface area contributed by atoms with Crippen molar-refractivity contribution < 1.29 is 19.0 Å². The number of alkyl halides is 2. The molecule has 2 atom stereocenters. The summed E-state index contributed by atoms with van der Waals surface area (Å²) in [5.74, 6) is 0. The topological polar surface area (TPSA) is 64.2 Å². The van der Waals surface area contributed by atoms with Gasteiger partial charge in [0.15, 0.2) is 0 Å². The van der Waals surface area contributed by atoms with E-state index in [1.54, 1.807) is 6.07 Å². The molecule has 2 N–H and O–H groups in total. The number of hydrogen-bond donors (Lipinski definition) is 2. The molecule has 0 amide bonds. The Hall–Kier alpha value is -1.51. The zero-order chi connectivity index (χ0) is 12.1. The summed E-state index contributed by atoms with van der Waals surface area (Å²) in [4.78, 5) is 0. The molecule has 0 fully saturated rings. The van der Waals surface area contributed by atoms with Crippen molar-refractivity contribution in [1.82, 2.24) is 0 Å². The summed E-state index contributed by atoms with van der Waals surface area (Å²) < 4.78 is 24.7. The van der Waals surface area contributed by atoms with Crippen molar-refractivity contribution in [3.05, 3.63) is 35.4 Å². The fourth-order valence-corrected chi connectivity index (χ4v) is 1.31. The Balaban J connectivity index is 2.87. The van der Waals surface area contributed by atoms with Crippen LogP contribution in [0.15, 0.2) is 24.3 Å². The molecular weight excluding hydrogens is 216 g/mol. The molecule has 1 rings (SSSR count). The van der Waals surface area contributed by atoms with Gasteiger partial charge in [-0.05, 0) is 11.6 Å². The predicted octanol–water partition coefficient (Wildman–Crippen LogP) is 1.93. The van der Waals surface area contributed by atoms with E-state index in [-0.39, 0.29) is 17.5 Å². The van der Waals surface area contributed by atoms with Crippen LogP contribution in [0.2, 0.25) is 0 Å². The Bertz CT molecular complexity index is 390. The third-order valence-electron chi connectivity index (χ3n) is 2.17. The van der Waals surface area contributed by atoms with E-state index < -0.39 is 18.6 Å². The van der Waals surface area contributed by atoms with Gasteiger partial charge < -0.3 is 10.2 Å². The summed E-state index contributed by atoms with van der Waals surface area (Å²) >= 11 is 0. The van der Waals surface area contributed by atoms with Crippen molar-refractivity contribution in [2.45, 2.75) is 25.1 Å². The standard InChI is InChI=1S/C11H11F2NO2/c12-11(13)8-3-1-2-7(6-8)10(16)9(15)4-5-14/h1-3,6,9-11,15-16H,4H2. The summed E-state index contributed by atoms with van der Waals surface area (Å²) in [5, 5.41) is 27.3. The van der Waals surface area contributed by atoms with Gasteiger partial charge >= 0.3 is 0 Å². The molecule has 0 heterocycles. The largest absolute Gasteiger partial charge is 0.389 e. The highest BCUT2D eigenvalue weighted by Crippen LogP contribution is 2.24. The van der Waals surface area contributed by atoms with Gasteiger partial charge in [0.05, 0.1) is 18.6 Å². The molecule has 0 radical (unpaired) electrons. The van der Waals surface area contributed by atoms with E-state index in [1.165, 1.54) is 18.2 Å². The highest BCUT2D eigenvalue weighted by atomic mass is 19.3.